The zero-order valence-corrected chi connectivity index (χ0v) is 16.8. The molecule has 0 spiro atoms. The van der Waals surface area contributed by atoms with Crippen LogP contribution in [0.3, 0.4) is 0 Å². The Bertz CT molecular complexity index is 853. The topological polar surface area (TPSA) is 66.9 Å². The van der Waals surface area contributed by atoms with E-state index in [1.54, 1.807) is 19.1 Å². The number of methoxy groups -OCH3 is 1. The van der Waals surface area contributed by atoms with E-state index in [1.807, 2.05) is 54.6 Å². The Labute approximate surface area is 161 Å². The molecule has 146 valence electrons. The minimum absolute atomic E-state index is 0.174. The average molecular weight is 391 g/mol. The van der Waals surface area contributed by atoms with E-state index in [-0.39, 0.29) is 19.0 Å². The second kappa shape index (κ2) is 9.53. The van der Waals surface area contributed by atoms with Crippen molar-refractivity contribution < 1.29 is 17.9 Å². The number of sulfonamides is 1. The molecule has 2 aromatic rings. The molecule has 0 aliphatic rings. The van der Waals surface area contributed by atoms with E-state index in [4.69, 9.17) is 4.74 Å². The van der Waals surface area contributed by atoms with Gasteiger partial charge in [-0.1, -0.05) is 42.5 Å². The highest BCUT2D eigenvalue weighted by atomic mass is 32.2. The van der Waals surface area contributed by atoms with Crippen LogP contribution in [0.2, 0.25) is 0 Å². The number of rotatable bonds is 9. The van der Waals surface area contributed by atoms with Gasteiger partial charge in [0.05, 0.1) is 19.9 Å². The summed E-state index contributed by atoms with van der Waals surface area (Å²) in [6, 6.07) is 17.1. The van der Waals surface area contributed by atoms with Gasteiger partial charge in [0.15, 0.2) is 0 Å². The number of nitrogens with zero attached hydrogens (tertiary/aromatic N) is 2. The number of likely N-dealkylation sites (N-methyl/N-ethyl adjacent to an activating group) is 1. The summed E-state index contributed by atoms with van der Waals surface area (Å²) in [4.78, 5) is 14.1. The van der Waals surface area contributed by atoms with Crippen LogP contribution >= 0.6 is 0 Å². The van der Waals surface area contributed by atoms with E-state index in [0.29, 0.717) is 13.0 Å². The fourth-order valence-electron chi connectivity index (χ4n) is 2.66. The fraction of sp³-hybridized carbons (Fsp3) is 0.350. The highest BCUT2D eigenvalue weighted by Crippen LogP contribution is 2.14. The van der Waals surface area contributed by atoms with Crippen LogP contribution < -0.4 is 4.74 Å². The zero-order valence-electron chi connectivity index (χ0n) is 16.0. The predicted octanol–water partition coefficient (Wildman–Crippen LogP) is 2.16. The normalized spacial score (nSPS) is 11.4. The van der Waals surface area contributed by atoms with Crippen LogP contribution in [0, 0.1) is 0 Å². The van der Waals surface area contributed by atoms with Crippen LogP contribution in [-0.2, 0) is 27.8 Å². The third-order valence-electron chi connectivity index (χ3n) is 4.25. The lowest BCUT2D eigenvalue weighted by atomic mass is 10.1. The first-order chi connectivity index (χ1) is 12.8. The smallest absolute Gasteiger partial charge is 0.237 e. The number of benzene rings is 2. The van der Waals surface area contributed by atoms with Gasteiger partial charge in [0, 0.05) is 20.1 Å². The van der Waals surface area contributed by atoms with Gasteiger partial charge in [-0.3, -0.25) is 4.79 Å². The number of ether oxygens (including phenoxy) is 1. The molecule has 6 nitrogen and oxygen atoms in total. The molecule has 0 unspecified atom stereocenters. The summed E-state index contributed by atoms with van der Waals surface area (Å²) in [5.74, 6) is 0.479. The van der Waals surface area contributed by atoms with Crippen LogP contribution in [0.4, 0.5) is 0 Å². The number of carbonyl (C=O) groups excluding carboxylic acids is 1. The van der Waals surface area contributed by atoms with Crippen molar-refractivity contribution in [3.8, 4) is 5.75 Å². The maximum Gasteiger partial charge on any atom is 0.237 e. The van der Waals surface area contributed by atoms with Gasteiger partial charge in [0.25, 0.3) is 0 Å². The maximum atomic E-state index is 12.5. The van der Waals surface area contributed by atoms with Gasteiger partial charge in [0.2, 0.25) is 15.9 Å². The number of carbonyl (C=O) groups is 1. The summed E-state index contributed by atoms with van der Waals surface area (Å²) in [5.41, 5.74) is 1.95. The summed E-state index contributed by atoms with van der Waals surface area (Å²) in [6.07, 6.45) is 1.63. The molecule has 0 bridgehead atoms. The van der Waals surface area contributed by atoms with E-state index in [9.17, 15) is 13.2 Å². The Balaban J connectivity index is 2.00. The van der Waals surface area contributed by atoms with E-state index in [1.165, 1.54) is 4.31 Å². The molecule has 7 heteroatoms. The van der Waals surface area contributed by atoms with Crippen molar-refractivity contribution in [3.63, 3.8) is 0 Å². The van der Waals surface area contributed by atoms with Gasteiger partial charge >= 0.3 is 0 Å². The molecule has 0 fully saturated rings. The van der Waals surface area contributed by atoms with E-state index in [2.05, 4.69) is 0 Å². The standard InChI is InChI=1S/C20H26N2O4S/c1-21(15-18-8-5-4-6-9-18)20(23)16-22(27(3,24)25)13-12-17-10-7-11-19(14-17)26-2/h4-11,14H,12-13,15-16H2,1-3H3. The Morgan fingerprint density at radius 3 is 2.33 bits per heavy atom. The Morgan fingerprint density at radius 2 is 1.70 bits per heavy atom. The van der Waals surface area contributed by atoms with Crippen molar-refractivity contribution in [2.24, 2.45) is 0 Å². The molecule has 2 aromatic carbocycles. The SMILES string of the molecule is COc1cccc(CCN(CC(=O)N(C)Cc2ccccc2)S(C)(=O)=O)c1. The monoisotopic (exact) mass is 390 g/mol. The molecule has 0 aliphatic heterocycles. The summed E-state index contributed by atoms with van der Waals surface area (Å²) in [6.45, 7) is 0.496. The Kier molecular flexibility index (Phi) is 7.38. The van der Waals surface area contributed by atoms with E-state index >= 15 is 0 Å². The molecule has 0 aliphatic carbocycles. The highest BCUT2D eigenvalue weighted by Gasteiger charge is 2.22. The highest BCUT2D eigenvalue weighted by molar-refractivity contribution is 7.88. The van der Waals surface area contributed by atoms with Crippen molar-refractivity contribution in [1.82, 2.24) is 9.21 Å². The lowest BCUT2D eigenvalue weighted by molar-refractivity contribution is -0.130. The van der Waals surface area contributed by atoms with Gasteiger partial charge < -0.3 is 9.64 Å². The van der Waals surface area contributed by atoms with E-state index < -0.39 is 10.0 Å². The van der Waals surface area contributed by atoms with Gasteiger partial charge in [-0.05, 0) is 29.7 Å². The number of hydrogen-bond acceptors (Lipinski definition) is 4. The summed E-state index contributed by atoms with van der Waals surface area (Å²) in [7, 11) is -0.233. The molecule has 0 radical (unpaired) electrons. The third kappa shape index (κ3) is 6.69. The van der Waals surface area contributed by atoms with Gasteiger partial charge in [0.1, 0.15) is 5.75 Å². The molecule has 1 amide bonds. The van der Waals surface area contributed by atoms with Crippen molar-refractivity contribution in [2.45, 2.75) is 13.0 Å². The Morgan fingerprint density at radius 1 is 1.04 bits per heavy atom. The van der Waals surface area contributed by atoms with Crippen LogP contribution in [0.15, 0.2) is 54.6 Å². The molecule has 0 heterocycles. The molecule has 0 aromatic heterocycles. The quantitative estimate of drug-likeness (QED) is 0.658. The fourth-order valence-corrected chi connectivity index (χ4v) is 3.43. The number of amides is 1. The summed E-state index contributed by atoms with van der Waals surface area (Å²) >= 11 is 0. The molecule has 0 saturated heterocycles. The lowest BCUT2D eigenvalue weighted by Crippen LogP contribution is -2.41. The van der Waals surface area contributed by atoms with Crippen molar-refractivity contribution in [2.75, 3.05) is 33.5 Å². The minimum Gasteiger partial charge on any atom is -0.497 e. The first-order valence-electron chi connectivity index (χ1n) is 8.65. The van der Waals surface area contributed by atoms with Crippen molar-refractivity contribution >= 4 is 15.9 Å². The van der Waals surface area contributed by atoms with Crippen LogP contribution in [0.5, 0.6) is 5.75 Å². The Hall–Kier alpha value is -2.38. The zero-order chi connectivity index (χ0) is 19.9. The summed E-state index contributed by atoms with van der Waals surface area (Å²) < 4.78 is 30.7. The van der Waals surface area contributed by atoms with E-state index in [0.717, 1.165) is 23.1 Å². The first-order valence-corrected chi connectivity index (χ1v) is 10.5. The molecule has 0 atom stereocenters. The van der Waals surface area contributed by atoms with Crippen LogP contribution in [0.1, 0.15) is 11.1 Å². The largest absolute Gasteiger partial charge is 0.497 e. The second-order valence-corrected chi connectivity index (χ2v) is 8.42. The van der Waals surface area contributed by atoms with Crippen LogP contribution in [-0.4, -0.2) is 57.0 Å². The molecule has 0 N–H and O–H groups in total. The minimum atomic E-state index is -3.50. The first kappa shape index (κ1) is 20.9. The van der Waals surface area contributed by atoms with Gasteiger partial charge in [-0.2, -0.15) is 4.31 Å². The molecular formula is C20H26N2O4S. The maximum absolute atomic E-state index is 12.5. The third-order valence-corrected chi connectivity index (χ3v) is 5.50. The van der Waals surface area contributed by atoms with Crippen molar-refractivity contribution in [1.29, 1.82) is 0 Å². The van der Waals surface area contributed by atoms with Crippen molar-refractivity contribution in [3.05, 3.63) is 65.7 Å². The predicted molar refractivity (Wildman–Crippen MR) is 106 cm³/mol. The summed E-state index contributed by atoms with van der Waals surface area (Å²) in [5, 5.41) is 0. The average Bonchev–Trinajstić information content (AvgIpc) is 2.64. The molecule has 0 saturated carbocycles. The second-order valence-electron chi connectivity index (χ2n) is 6.43. The van der Waals surface area contributed by atoms with Gasteiger partial charge in [-0.25, -0.2) is 8.42 Å². The molecule has 2 rings (SSSR count). The molecular weight excluding hydrogens is 364 g/mol. The number of hydrogen-bond donors (Lipinski definition) is 0. The van der Waals surface area contributed by atoms with Gasteiger partial charge in [-0.15, -0.1) is 0 Å². The lowest BCUT2D eigenvalue weighted by Gasteiger charge is -2.23. The molecule has 27 heavy (non-hydrogen) atoms. The van der Waals surface area contributed by atoms with Crippen LogP contribution in [0.25, 0.3) is 0 Å².